The maximum atomic E-state index is 4.42. The highest BCUT2D eigenvalue weighted by atomic mass is 79.9. The summed E-state index contributed by atoms with van der Waals surface area (Å²) in [6.45, 7) is 6.26. The van der Waals surface area contributed by atoms with E-state index in [0.29, 0.717) is 0 Å². The lowest BCUT2D eigenvalue weighted by Crippen LogP contribution is -2.09. The van der Waals surface area contributed by atoms with Crippen molar-refractivity contribution in [2.75, 3.05) is 0 Å². The number of nitrogens with zero attached hydrogens (tertiary/aromatic N) is 1. The van der Waals surface area contributed by atoms with E-state index in [4.69, 9.17) is 0 Å². The second kappa shape index (κ2) is 4.05. The second-order valence-corrected chi connectivity index (χ2v) is 4.90. The molecule has 0 atom stereocenters. The highest BCUT2D eigenvalue weighted by Gasteiger charge is 2.04. The van der Waals surface area contributed by atoms with Gasteiger partial charge in [-0.1, -0.05) is 28.1 Å². The van der Waals surface area contributed by atoms with Crippen LogP contribution in [0.3, 0.4) is 0 Å². The second-order valence-electron chi connectivity index (χ2n) is 3.98. The van der Waals surface area contributed by atoms with Crippen LogP contribution in [0.25, 0.3) is 0 Å². The van der Waals surface area contributed by atoms with Gasteiger partial charge < -0.3 is 0 Å². The number of rotatable bonds is 1. The highest BCUT2D eigenvalue weighted by Crippen LogP contribution is 2.10. The molecule has 0 bridgehead atoms. The summed E-state index contributed by atoms with van der Waals surface area (Å²) >= 11 is 3.39. The van der Waals surface area contributed by atoms with Crippen LogP contribution in [-0.2, 0) is 0 Å². The minimum atomic E-state index is 0.00702. The third-order valence-corrected chi connectivity index (χ3v) is 2.00. The van der Waals surface area contributed by atoms with Gasteiger partial charge in [0.05, 0.1) is 5.54 Å². The Morgan fingerprint density at radius 1 is 1.15 bits per heavy atom. The Morgan fingerprint density at radius 2 is 1.69 bits per heavy atom. The van der Waals surface area contributed by atoms with Gasteiger partial charge in [0, 0.05) is 10.7 Å². The fourth-order valence-corrected chi connectivity index (χ4v) is 1.08. The van der Waals surface area contributed by atoms with Crippen LogP contribution in [0.2, 0.25) is 0 Å². The van der Waals surface area contributed by atoms with Crippen molar-refractivity contribution in [3.63, 3.8) is 0 Å². The standard InChI is InChI=1S/C11H14BrN/c1-11(2,3)13-8-9-4-6-10(12)7-5-9/h4-8H,1-3H3. The molecule has 0 aliphatic rings. The van der Waals surface area contributed by atoms with E-state index in [-0.39, 0.29) is 5.54 Å². The van der Waals surface area contributed by atoms with Crippen LogP contribution < -0.4 is 0 Å². The van der Waals surface area contributed by atoms with Crippen LogP contribution in [0.4, 0.5) is 0 Å². The van der Waals surface area contributed by atoms with E-state index in [1.807, 2.05) is 30.5 Å². The fraction of sp³-hybridized carbons (Fsp3) is 0.364. The Morgan fingerprint density at radius 3 is 2.15 bits per heavy atom. The minimum Gasteiger partial charge on any atom is -0.287 e. The van der Waals surface area contributed by atoms with Crippen LogP contribution in [0, 0.1) is 0 Å². The van der Waals surface area contributed by atoms with Gasteiger partial charge in [0.1, 0.15) is 0 Å². The van der Waals surface area contributed by atoms with Crippen LogP contribution in [-0.4, -0.2) is 11.8 Å². The molecule has 0 heterocycles. The first-order valence-electron chi connectivity index (χ1n) is 4.28. The molecule has 2 heteroatoms. The lowest BCUT2D eigenvalue weighted by atomic mass is 10.1. The van der Waals surface area contributed by atoms with E-state index in [9.17, 15) is 0 Å². The molecule has 0 N–H and O–H groups in total. The van der Waals surface area contributed by atoms with Crippen molar-refractivity contribution in [3.8, 4) is 0 Å². The zero-order chi connectivity index (χ0) is 9.90. The molecule has 13 heavy (non-hydrogen) atoms. The van der Waals surface area contributed by atoms with Gasteiger partial charge in [-0.15, -0.1) is 0 Å². The average molecular weight is 240 g/mol. The van der Waals surface area contributed by atoms with Crippen LogP contribution in [0.15, 0.2) is 33.7 Å². The van der Waals surface area contributed by atoms with E-state index < -0.39 is 0 Å². The predicted octanol–water partition coefficient (Wildman–Crippen LogP) is 3.67. The molecule has 0 aliphatic carbocycles. The van der Waals surface area contributed by atoms with E-state index in [1.165, 1.54) is 0 Å². The van der Waals surface area contributed by atoms with Crippen molar-refractivity contribution in [1.29, 1.82) is 0 Å². The highest BCUT2D eigenvalue weighted by molar-refractivity contribution is 9.10. The number of hydrogen-bond acceptors (Lipinski definition) is 1. The van der Waals surface area contributed by atoms with Crippen LogP contribution in [0.1, 0.15) is 26.3 Å². The quantitative estimate of drug-likeness (QED) is 0.664. The Kier molecular flexibility index (Phi) is 3.26. The maximum Gasteiger partial charge on any atom is 0.0524 e. The Balaban J connectivity index is 2.75. The van der Waals surface area contributed by atoms with Crippen molar-refractivity contribution in [3.05, 3.63) is 34.3 Å². The van der Waals surface area contributed by atoms with Gasteiger partial charge in [-0.3, -0.25) is 4.99 Å². The van der Waals surface area contributed by atoms with Gasteiger partial charge in [0.25, 0.3) is 0 Å². The summed E-state index contributed by atoms with van der Waals surface area (Å²) in [5, 5.41) is 0. The summed E-state index contributed by atoms with van der Waals surface area (Å²) in [5.41, 5.74) is 1.14. The monoisotopic (exact) mass is 239 g/mol. The molecule has 0 unspecified atom stereocenters. The molecule has 0 saturated carbocycles. The van der Waals surface area contributed by atoms with E-state index in [0.717, 1.165) is 10.0 Å². The molecule has 0 saturated heterocycles. The lowest BCUT2D eigenvalue weighted by Gasteiger charge is -2.10. The summed E-state index contributed by atoms with van der Waals surface area (Å²) in [5.74, 6) is 0. The zero-order valence-electron chi connectivity index (χ0n) is 8.21. The topological polar surface area (TPSA) is 12.4 Å². The summed E-state index contributed by atoms with van der Waals surface area (Å²) < 4.78 is 1.10. The van der Waals surface area contributed by atoms with Crippen molar-refractivity contribution >= 4 is 22.1 Å². The van der Waals surface area contributed by atoms with Crippen molar-refractivity contribution in [1.82, 2.24) is 0 Å². The molecule has 1 nitrogen and oxygen atoms in total. The Labute approximate surface area is 88.0 Å². The van der Waals surface area contributed by atoms with E-state index >= 15 is 0 Å². The number of aliphatic imine (C=N–C) groups is 1. The Hall–Kier alpha value is -0.630. The number of hydrogen-bond donors (Lipinski definition) is 0. The predicted molar refractivity (Wildman–Crippen MR) is 61.5 cm³/mol. The first-order valence-corrected chi connectivity index (χ1v) is 5.07. The maximum absolute atomic E-state index is 4.42. The van der Waals surface area contributed by atoms with Gasteiger partial charge in [-0.2, -0.15) is 0 Å². The van der Waals surface area contributed by atoms with Crippen molar-refractivity contribution in [2.45, 2.75) is 26.3 Å². The van der Waals surface area contributed by atoms with Gasteiger partial charge in [0.15, 0.2) is 0 Å². The molecule has 0 radical (unpaired) electrons. The third kappa shape index (κ3) is 4.23. The van der Waals surface area contributed by atoms with E-state index in [2.05, 4.69) is 41.7 Å². The molecule has 70 valence electrons. The van der Waals surface area contributed by atoms with Gasteiger partial charge in [-0.05, 0) is 38.5 Å². The third-order valence-electron chi connectivity index (χ3n) is 1.47. The van der Waals surface area contributed by atoms with Crippen LogP contribution >= 0.6 is 15.9 Å². The first kappa shape index (κ1) is 10.5. The molecule has 1 aromatic carbocycles. The summed E-state index contributed by atoms with van der Waals surface area (Å²) in [6, 6.07) is 8.12. The van der Waals surface area contributed by atoms with Crippen LogP contribution in [0.5, 0.6) is 0 Å². The summed E-state index contributed by atoms with van der Waals surface area (Å²) in [7, 11) is 0. The Bertz CT molecular complexity index is 293. The van der Waals surface area contributed by atoms with Gasteiger partial charge >= 0.3 is 0 Å². The molecule has 1 aromatic rings. The first-order chi connectivity index (χ1) is 5.97. The minimum absolute atomic E-state index is 0.00702. The molecule has 0 fully saturated rings. The lowest BCUT2D eigenvalue weighted by molar-refractivity contribution is 0.586. The molecular formula is C11H14BrN. The van der Waals surface area contributed by atoms with Gasteiger partial charge in [0.2, 0.25) is 0 Å². The summed E-state index contributed by atoms with van der Waals surface area (Å²) in [6.07, 6.45) is 1.91. The number of halogens is 1. The molecular weight excluding hydrogens is 226 g/mol. The normalized spacial score (nSPS) is 12.3. The zero-order valence-corrected chi connectivity index (χ0v) is 9.80. The van der Waals surface area contributed by atoms with Crippen molar-refractivity contribution < 1.29 is 0 Å². The SMILES string of the molecule is CC(C)(C)N=Cc1ccc(Br)cc1. The molecule has 0 spiro atoms. The molecule has 0 aliphatic heterocycles. The van der Waals surface area contributed by atoms with Gasteiger partial charge in [-0.25, -0.2) is 0 Å². The number of benzene rings is 1. The van der Waals surface area contributed by atoms with Crippen molar-refractivity contribution in [2.24, 2.45) is 4.99 Å². The average Bonchev–Trinajstić information content (AvgIpc) is 2.02. The molecule has 0 aromatic heterocycles. The fourth-order valence-electron chi connectivity index (χ4n) is 0.817. The smallest absolute Gasteiger partial charge is 0.0524 e. The molecule has 1 rings (SSSR count). The molecule has 0 amide bonds. The largest absolute Gasteiger partial charge is 0.287 e. The van der Waals surface area contributed by atoms with E-state index in [1.54, 1.807) is 0 Å². The summed E-state index contributed by atoms with van der Waals surface area (Å²) in [4.78, 5) is 4.42.